The van der Waals surface area contributed by atoms with Crippen LogP contribution < -0.4 is 5.32 Å². The Morgan fingerprint density at radius 2 is 2.00 bits per heavy atom. The van der Waals surface area contributed by atoms with Crippen molar-refractivity contribution in [3.8, 4) is 0 Å². The minimum absolute atomic E-state index is 0.0910. The lowest BCUT2D eigenvalue weighted by molar-refractivity contribution is 0.0451. The third-order valence-corrected chi connectivity index (χ3v) is 3.84. The highest BCUT2D eigenvalue weighted by Gasteiger charge is 2.28. The van der Waals surface area contributed by atoms with E-state index in [0.717, 1.165) is 25.0 Å². The van der Waals surface area contributed by atoms with E-state index in [1.54, 1.807) is 11.8 Å². The van der Waals surface area contributed by atoms with Crippen molar-refractivity contribution >= 4 is 17.9 Å². The first-order valence-electron chi connectivity index (χ1n) is 6.85. The maximum atomic E-state index is 11.6. The second-order valence-corrected chi connectivity index (χ2v) is 6.95. The maximum absolute atomic E-state index is 11.6. The Balaban J connectivity index is 4.30. The fourth-order valence-electron chi connectivity index (χ4n) is 1.80. The number of rotatable bonds is 8. The van der Waals surface area contributed by atoms with Gasteiger partial charge in [-0.3, -0.25) is 0 Å². The molecule has 0 aliphatic heterocycles. The average Bonchev–Trinajstić information content (AvgIpc) is 2.32. The number of aliphatic hydroxyl groups is 1. The monoisotopic (exact) mass is 291 g/mol. The fourth-order valence-corrected chi connectivity index (χ4v) is 2.24. The molecule has 19 heavy (non-hydrogen) atoms. The van der Waals surface area contributed by atoms with E-state index >= 15 is 0 Å². The lowest BCUT2D eigenvalue weighted by atomic mass is 9.81. The summed E-state index contributed by atoms with van der Waals surface area (Å²) in [6, 6.07) is 0. The standard InChI is InChI=1S/C14H29NO3S/c1-6-14(11-16,8-7-9-19-5)10-15-12(17)18-13(2,3)4/h16H,6-11H2,1-5H3,(H,15,17). The molecule has 5 heteroatoms. The predicted octanol–water partition coefficient (Wildman–Crippen LogP) is 3.04. The van der Waals surface area contributed by atoms with E-state index < -0.39 is 11.7 Å². The largest absolute Gasteiger partial charge is 0.444 e. The van der Waals surface area contributed by atoms with Crippen LogP contribution in [0.4, 0.5) is 4.79 Å². The van der Waals surface area contributed by atoms with Crippen molar-refractivity contribution in [3.63, 3.8) is 0 Å². The number of hydrogen-bond acceptors (Lipinski definition) is 4. The molecule has 114 valence electrons. The number of carbonyl (C=O) groups excluding carboxylic acids is 1. The molecule has 0 saturated heterocycles. The predicted molar refractivity (Wildman–Crippen MR) is 81.7 cm³/mol. The summed E-state index contributed by atoms with van der Waals surface area (Å²) in [7, 11) is 0. The minimum atomic E-state index is -0.489. The van der Waals surface area contributed by atoms with Gasteiger partial charge < -0.3 is 15.2 Å². The van der Waals surface area contributed by atoms with Gasteiger partial charge >= 0.3 is 6.09 Å². The lowest BCUT2D eigenvalue weighted by Gasteiger charge is -2.31. The van der Waals surface area contributed by atoms with Gasteiger partial charge in [-0.25, -0.2) is 4.79 Å². The topological polar surface area (TPSA) is 58.6 Å². The van der Waals surface area contributed by atoms with Crippen LogP contribution in [0, 0.1) is 5.41 Å². The Labute approximate surface area is 121 Å². The molecular weight excluding hydrogens is 262 g/mol. The first-order chi connectivity index (χ1) is 8.78. The van der Waals surface area contributed by atoms with Crippen molar-refractivity contribution in [3.05, 3.63) is 0 Å². The van der Waals surface area contributed by atoms with E-state index in [0.29, 0.717) is 6.54 Å². The van der Waals surface area contributed by atoms with E-state index in [-0.39, 0.29) is 12.0 Å². The van der Waals surface area contributed by atoms with Crippen LogP contribution in [0.2, 0.25) is 0 Å². The second kappa shape index (κ2) is 8.69. The molecule has 1 unspecified atom stereocenters. The molecule has 0 saturated carbocycles. The van der Waals surface area contributed by atoms with Gasteiger partial charge in [-0.2, -0.15) is 11.8 Å². The Morgan fingerprint density at radius 1 is 1.37 bits per heavy atom. The maximum Gasteiger partial charge on any atom is 0.407 e. The summed E-state index contributed by atoms with van der Waals surface area (Å²) in [5.74, 6) is 1.08. The van der Waals surface area contributed by atoms with E-state index in [1.807, 2.05) is 27.7 Å². The number of carbonyl (C=O) groups is 1. The normalized spacial score (nSPS) is 14.8. The number of nitrogens with one attached hydrogen (secondary N) is 1. The molecule has 1 amide bonds. The van der Waals surface area contributed by atoms with Gasteiger partial charge in [0, 0.05) is 12.0 Å². The van der Waals surface area contributed by atoms with Crippen molar-refractivity contribution in [2.24, 2.45) is 5.41 Å². The third-order valence-electron chi connectivity index (χ3n) is 3.15. The summed E-state index contributed by atoms with van der Waals surface area (Å²) < 4.78 is 5.21. The molecule has 1 atom stereocenters. The Bertz CT molecular complexity index is 260. The molecule has 0 aromatic heterocycles. The molecule has 4 nitrogen and oxygen atoms in total. The SMILES string of the molecule is CCC(CO)(CCCSC)CNC(=O)OC(C)(C)C. The van der Waals surface area contributed by atoms with E-state index in [2.05, 4.69) is 11.6 Å². The van der Waals surface area contributed by atoms with Crippen LogP contribution in [0.5, 0.6) is 0 Å². The highest BCUT2D eigenvalue weighted by Crippen LogP contribution is 2.27. The van der Waals surface area contributed by atoms with Crippen LogP contribution in [-0.4, -0.2) is 42.0 Å². The first-order valence-corrected chi connectivity index (χ1v) is 8.24. The van der Waals surface area contributed by atoms with Crippen molar-refractivity contribution in [2.45, 2.75) is 52.6 Å². The molecule has 0 spiro atoms. The summed E-state index contributed by atoms with van der Waals surface area (Å²) in [6.07, 6.45) is 4.46. The summed E-state index contributed by atoms with van der Waals surface area (Å²) in [4.78, 5) is 11.6. The van der Waals surface area contributed by atoms with Crippen LogP contribution in [0.1, 0.15) is 47.0 Å². The van der Waals surface area contributed by atoms with E-state index in [1.165, 1.54) is 0 Å². The molecule has 2 N–H and O–H groups in total. The highest BCUT2D eigenvalue weighted by molar-refractivity contribution is 7.98. The molecule has 0 aromatic carbocycles. The zero-order valence-electron chi connectivity index (χ0n) is 12.9. The molecule has 0 aromatic rings. The number of ether oxygens (including phenoxy) is 1. The molecule has 0 heterocycles. The van der Waals surface area contributed by atoms with Gasteiger partial charge in [0.05, 0.1) is 6.61 Å². The lowest BCUT2D eigenvalue weighted by Crippen LogP contribution is -2.42. The third kappa shape index (κ3) is 8.37. The number of amides is 1. The summed E-state index contributed by atoms with van der Waals surface area (Å²) in [5, 5.41) is 12.4. The van der Waals surface area contributed by atoms with Crippen molar-refractivity contribution in [1.82, 2.24) is 5.32 Å². The van der Waals surface area contributed by atoms with E-state index in [9.17, 15) is 9.90 Å². The second-order valence-electron chi connectivity index (χ2n) is 5.96. The number of aliphatic hydroxyl groups excluding tert-OH is 1. The summed E-state index contributed by atoms with van der Waals surface area (Å²) >= 11 is 1.80. The number of hydrogen-bond donors (Lipinski definition) is 2. The van der Waals surface area contributed by atoms with Gasteiger partial charge in [0.15, 0.2) is 0 Å². The van der Waals surface area contributed by atoms with Gasteiger partial charge in [0.25, 0.3) is 0 Å². The van der Waals surface area contributed by atoms with Gasteiger partial charge in [-0.15, -0.1) is 0 Å². The zero-order valence-corrected chi connectivity index (χ0v) is 13.7. The van der Waals surface area contributed by atoms with Gasteiger partial charge in [-0.05, 0) is 52.0 Å². The molecular formula is C14H29NO3S. The minimum Gasteiger partial charge on any atom is -0.444 e. The summed E-state index contributed by atoms with van der Waals surface area (Å²) in [5.41, 5.74) is -0.719. The molecule has 0 aliphatic carbocycles. The van der Waals surface area contributed by atoms with Crippen LogP contribution in [0.3, 0.4) is 0 Å². The first kappa shape index (κ1) is 18.6. The molecule has 0 fully saturated rings. The fraction of sp³-hybridized carbons (Fsp3) is 0.929. The number of thioether (sulfide) groups is 1. The Hall–Kier alpha value is -0.420. The quantitative estimate of drug-likeness (QED) is 0.675. The Kier molecular flexibility index (Phi) is 8.50. The van der Waals surface area contributed by atoms with Gasteiger partial charge in [0.1, 0.15) is 5.60 Å². The summed E-state index contributed by atoms with van der Waals surface area (Å²) in [6.45, 7) is 8.11. The smallest absolute Gasteiger partial charge is 0.407 e. The number of alkyl carbamates (subject to hydrolysis) is 1. The molecule has 0 radical (unpaired) electrons. The van der Waals surface area contributed by atoms with Gasteiger partial charge in [-0.1, -0.05) is 6.92 Å². The highest BCUT2D eigenvalue weighted by atomic mass is 32.2. The van der Waals surface area contributed by atoms with Crippen LogP contribution in [0.25, 0.3) is 0 Å². The Morgan fingerprint density at radius 3 is 2.42 bits per heavy atom. The van der Waals surface area contributed by atoms with Crippen molar-refractivity contribution in [2.75, 3.05) is 25.2 Å². The van der Waals surface area contributed by atoms with E-state index in [4.69, 9.17) is 4.74 Å². The van der Waals surface area contributed by atoms with Crippen molar-refractivity contribution < 1.29 is 14.6 Å². The van der Waals surface area contributed by atoms with Crippen molar-refractivity contribution in [1.29, 1.82) is 0 Å². The molecule has 0 rings (SSSR count). The molecule has 0 bridgehead atoms. The van der Waals surface area contributed by atoms with Crippen LogP contribution in [0.15, 0.2) is 0 Å². The average molecular weight is 291 g/mol. The molecule has 0 aliphatic rings. The zero-order chi connectivity index (χ0) is 14.9. The van der Waals surface area contributed by atoms with Crippen LogP contribution in [-0.2, 0) is 4.74 Å². The van der Waals surface area contributed by atoms with Crippen LogP contribution >= 0.6 is 11.8 Å². The van der Waals surface area contributed by atoms with Gasteiger partial charge in [0.2, 0.25) is 0 Å².